The molecule has 0 radical (unpaired) electrons. The second kappa shape index (κ2) is 11.7. The van der Waals surface area contributed by atoms with Crippen molar-refractivity contribution in [2.45, 2.75) is 48.8 Å². The van der Waals surface area contributed by atoms with Gasteiger partial charge in [0.15, 0.2) is 14.6 Å². The maximum Gasteiger partial charge on any atom is 0.331 e. The zero-order valence-corrected chi connectivity index (χ0v) is 22.7. The highest BCUT2D eigenvalue weighted by atomic mass is 32.2. The van der Waals surface area contributed by atoms with Crippen molar-refractivity contribution in [3.05, 3.63) is 54.6 Å². The van der Waals surface area contributed by atoms with E-state index in [2.05, 4.69) is 0 Å². The summed E-state index contributed by atoms with van der Waals surface area (Å²) in [6, 6.07) is 13.8. The van der Waals surface area contributed by atoms with E-state index in [1.165, 1.54) is 39.5 Å². The van der Waals surface area contributed by atoms with E-state index in [0.29, 0.717) is 17.9 Å². The largest absolute Gasteiger partial charge is 0.494 e. The number of urea groups is 1. The van der Waals surface area contributed by atoms with E-state index in [1.54, 1.807) is 12.1 Å². The molecule has 0 saturated carbocycles. The number of benzene rings is 2. The lowest BCUT2D eigenvalue weighted by atomic mass is 9.98. The molecule has 2 fully saturated rings. The summed E-state index contributed by atoms with van der Waals surface area (Å²) in [5.74, 6) is -0.905. The third-order valence-electron chi connectivity index (χ3n) is 7.16. The molecule has 2 saturated heterocycles. The number of amides is 4. The molecule has 1 atom stereocenters. The number of anilines is 1. The third-order valence-corrected chi connectivity index (χ3v) is 9.67. The van der Waals surface area contributed by atoms with E-state index in [1.807, 2.05) is 32.0 Å². The van der Waals surface area contributed by atoms with Crippen LogP contribution in [0.4, 0.5) is 10.5 Å². The molecule has 0 aromatic heterocycles. The van der Waals surface area contributed by atoms with Gasteiger partial charge in [0.05, 0.1) is 11.5 Å². The molecule has 0 spiro atoms. The second-order valence-corrected chi connectivity index (χ2v) is 12.2. The van der Waals surface area contributed by atoms with Crippen molar-refractivity contribution in [3.8, 4) is 5.75 Å². The number of carbonyl (C=O) groups excluding carboxylic acids is 3. The van der Waals surface area contributed by atoms with Crippen LogP contribution in [0.5, 0.6) is 5.75 Å². The van der Waals surface area contributed by atoms with Crippen LogP contribution < -0.4 is 15.1 Å². The number of rotatable bonds is 10. The lowest BCUT2D eigenvalue weighted by Crippen LogP contribution is -2.54. The molecule has 2 aromatic rings. The van der Waals surface area contributed by atoms with Gasteiger partial charge in [-0.15, -0.1) is 0 Å². The predicted octanol–water partition coefficient (Wildman–Crippen LogP) is 2.78. The van der Waals surface area contributed by atoms with Gasteiger partial charge in [-0.05, 0) is 61.6 Å². The maximum absolute atomic E-state index is 13.4. The van der Waals surface area contributed by atoms with Crippen molar-refractivity contribution in [2.75, 3.05) is 31.3 Å². The molecule has 11 nitrogen and oxygen atoms in total. The highest BCUT2D eigenvalue weighted by Gasteiger charge is 2.52. The van der Waals surface area contributed by atoms with Gasteiger partial charge in [0, 0.05) is 25.4 Å². The van der Waals surface area contributed by atoms with E-state index < -0.39 is 26.5 Å². The van der Waals surface area contributed by atoms with Crippen LogP contribution in [0.3, 0.4) is 0 Å². The molecular weight excluding hydrogens is 526 g/mol. The van der Waals surface area contributed by atoms with Gasteiger partial charge in [0.2, 0.25) is 0 Å². The number of ether oxygens (including phenoxy) is 2. The number of nitrogens with zero attached hydrogens (tertiary/aromatic N) is 2. The molecule has 4 amide bonds. The molecule has 0 bridgehead atoms. The van der Waals surface area contributed by atoms with Crippen LogP contribution in [0, 0.1) is 5.92 Å². The second-order valence-electron chi connectivity index (χ2n) is 9.89. The monoisotopic (exact) mass is 559 g/mol. The Morgan fingerprint density at radius 3 is 2.33 bits per heavy atom. The third kappa shape index (κ3) is 5.36. The van der Waals surface area contributed by atoms with Gasteiger partial charge in [-0.25, -0.2) is 18.7 Å². The van der Waals surface area contributed by atoms with Crippen molar-refractivity contribution in [2.24, 2.45) is 5.92 Å². The quantitative estimate of drug-likeness (QED) is 0.196. The van der Waals surface area contributed by atoms with Crippen LogP contribution in [-0.2, 0) is 24.2 Å². The van der Waals surface area contributed by atoms with Crippen LogP contribution in [0.1, 0.15) is 33.1 Å². The minimum absolute atomic E-state index is 0.0681. The highest BCUT2D eigenvalue weighted by Crippen LogP contribution is 2.36. The first-order chi connectivity index (χ1) is 18.6. The molecule has 39 heavy (non-hydrogen) atoms. The normalized spacial score (nSPS) is 19.4. The van der Waals surface area contributed by atoms with Gasteiger partial charge in [-0.3, -0.25) is 24.6 Å². The molecule has 2 aliphatic heterocycles. The summed E-state index contributed by atoms with van der Waals surface area (Å²) in [6.45, 7) is 4.34. The van der Waals surface area contributed by atoms with Crippen LogP contribution in [-0.4, -0.2) is 73.5 Å². The fraction of sp³-hybridized carbons (Fsp3) is 0.444. The number of nitrogens with one attached hydrogen (secondary N) is 1. The summed E-state index contributed by atoms with van der Waals surface area (Å²) < 4.78 is 35.8. The zero-order chi connectivity index (χ0) is 28.2. The van der Waals surface area contributed by atoms with Crippen LogP contribution in [0.25, 0.3) is 0 Å². The molecular formula is C27H33N3O8S. The summed E-state index contributed by atoms with van der Waals surface area (Å²) in [5, 5.41) is 9.18. The Hall–Kier alpha value is -3.48. The van der Waals surface area contributed by atoms with Gasteiger partial charge in [-0.1, -0.05) is 32.0 Å². The van der Waals surface area contributed by atoms with E-state index in [9.17, 15) is 28.0 Å². The van der Waals surface area contributed by atoms with Gasteiger partial charge < -0.3 is 9.47 Å². The van der Waals surface area contributed by atoms with Crippen LogP contribution in [0.15, 0.2) is 59.5 Å². The number of hydrogen-bond acceptors (Lipinski definition) is 8. The van der Waals surface area contributed by atoms with Gasteiger partial charge in [0.1, 0.15) is 11.8 Å². The number of para-hydroxylation sites is 1. The van der Waals surface area contributed by atoms with Gasteiger partial charge in [-0.2, -0.15) is 0 Å². The maximum atomic E-state index is 13.4. The van der Waals surface area contributed by atoms with Crippen molar-refractivity contribution >= 4 is 33.4 Å². The smallest absolute Gasteiger partial charge is 0.331 e. The lowest BCUT2D eigenvalue weighted by Gasteiger charge is -2.34. The SMILES string of the molecule is CC(C)[C@@H]1C(=O)N(CCCOc2ccc(S(=O)(=O)C3(C(=O)NO)CCOCC3)cc2)C(=O)N1c1ccccc1. The molecule has 0 unspecified atom stereocenters. The zero-order valence-electron chi connectivity index (χ0n) is 21.9. The first kappa shape index (κ1) is 28.5. The van der Waals surface area contributed by atoms with E-state index >= 15 is 0 Å². The number of hydrogen-bond donors (Lipinski definition) is 2. The number of hydroxylamine groups is 1. The van der Waals surface area contributed by atoms with E-state index in [-0.39, 0.29) is 62.0 Å². The molecule has 210 valence electrons. The van der Waals surface area contributed by atoms with Crippen LogP contribution >= 0.6 is 0 Å². The lowest BCUT2D eigenvalue weighted by molar-refractivity contribution is -0.134. The predicted molar refractivity (Wildman–Crippen MR) is 141 cm³/mol. The molecule has 2 heterocycles. The molecule has 4 rings (SSSR count). The summed E-state index contributed by atoms with van der Waals surface area (Å²) >= 11 is 0. The molecule has 2 aliphatic rings. The number of sulfone groups is 1. The Morgan fingerprint density at radius 2 is 1.74 bits per heavy atom. The van der Waals surface area contributed by atoms with Crippen molar-refractivity contribution < 1.29 is 37.5 Å². The van der Waals surface area contributed by atoms with Gasteiger partial charge >= 0.3 is 6.03 Å². The summed E-state index contributed by atoms with van der Waals surface area (Å²) in [4.78, 5) is 41.3. The minimum Gasteiger partial charge on any atom is -0.494 e. The number of imide groups is 1. The average molecular weight is 560 g/mol. The van der Waals surface area contributed by atoms with E-state index in [0.717, 1.165) is 0 Å². The Morgan fingerprint density at radius 1 is 1.10 bits per heavy atom. The Labute approximate surface area is 227 Å². The first-order valence-electron chi connectivity index (χ1n) is 12.8. The van der Waals surface area contributed by atoms with E-state index in [4.69, 9.17) is 9.47 Å². The fourth-order valence-corrected chi connectivity index (χ4v) is 6.98. The Kier molecular flexibility index (Phi) is 8.57. The highest BCUT2D eigenvalue weighted by molar-refractivity contribution is 7.93. The van der Waals surface area contributed by atoms with Crippen molar-refractivity contribution in [1.29, 1.82) is 0 Å². The van der Waals surface area contributed by atoms with Crippen molar-refractivity contribution in [3.63, 3.8) is 0 Å². The Bertz CT molecular complexity index is 1290. The number of carbonyl (C=O) groups is 3. The average Bonchev–Trinajstić information content (AvgIpc) is 3.20. The molecule has 0 aliphatic carbocycles. The summed E-state index contributed by atoms with van der Waals surface area (Å²) in [7, 11) is -4.13. The summed E-state index contributed by atoms with van der Waals surface area (Å²) in [6.07, 6.45) is 0.228. The Balaban J connectivity index is 1.38. The minimum atomic E-state index is -4.13. The van der Waals surface area contributed by atoms with Crippen LogP contribution in [0.2, 0.25) is 0 Å². The standard InChI is InChI=1S/C27H33N3O8S/c1-19(2)23-24(31)29(26(33)30(23)20-7-4-3-5-8-20)15-6-16-38-21-9-11-22(12-10-21)39(35,36)27(25(32)28-34)13-17-37-18-14-27/h3-5,7-12,19,23,34H,6,13-18H2,1-2H3,(H,28,32)/t23-/m1/s1. The fourth-order valence-electron chi connectivity index (χ4n) is 5.04. The van der Waals surface area contributed by atoms with Crippen molar-refractivity contribution in [1.82, 2.24) is 10.4 Å². The molecule has 2 N–H and O–H groups in total. The molecule has 12 heteroatoms. The summed E-state index contributed by atoms with van der Waals surface area (Å²) in [5.41, 5.74) is 2.16. The topological polar surface area (TPSA) is 143 Å². The van der Waals surface area contributed by atoms with Gasteiger partial charge in [0.25, 0.3) is 11.8 Å². The first-order valence-corrected chi connectivity index (χ1v) is 14.3. The molecule has 2 aromatic carbocycles.